The zero-order chi connectivity index (χ0) is 15.6. The number of anilines is 2. The van der Waals surface area contributed by atoms with Gasteiger partial charge in [0.15, 0.2) is 0 Å². The molecule has 2 aromatic rings. The summed E-state index contributed by atoms with van der Waals surface area (Å²) in [5, 5.41) is 0.339. The molecule has 0 spiro atoms. The Balaban J connectivity index is 2.40. The molecule has 21 heavy (non-hydrogen) atoms. The largest absolute Gasteiger partial charge is 0.495 e. The van der Waals surface area contributed by atoms with E-state index >= 15 is 0 Å². The van der Waals surface area contributed by atoms with Crippen LogP contribution in [0.15, 0.2) is 41.3 Å². The van der Waals surface area contributed by atoms with Crippen LogP contribution in [-0.2, 0) is 10.0 Å². The van der Waals surface area contributed by atoms with Crippen molar-refractivity contribution in [3.8, 4) is 5.75 Å². The van der Waals surface area contributed by atoms with E-state index in [-0.39, 0.29) is 16.3 Å². The summed E-state index contributed by atoms with van der Waals surface area (Å²) in [6.07, 6.45) is 0. The number of nitrogens with one attached hydrogen (secondary N) is 1. The molecule has 5 nitrogen and oxygen atoms in total. The van der Waals surface area contributed by atoms with Crippen molar-refractivity contribution in [2.24, 2.45) is 0 Å². The number of ether oxygens (including phenoxy) is 1. The van der Waals surface area contributed by atoms with Crippen LogP contribution in [0.25, 0.3) is 0 Å². The number of sulfonamides is 1. The Labute approximate surface area is 126 Å². The second-order valence-electron chi connectivity index (χ2n) is 4.14. The van der Waals surface area contributed by atoms with E-state index in [1.54, 1.807) is 0 Å². The van der Waals surface area contributed by atoms with Crippen LogP contribution < -0.4 is 15.2 Å². The summed E-state index contributed by atoms with van der Waals surface area (Å²) in [6.45, 7) is 0. The topological polar surface area (TPSA) is 81.4 Å². The van der Waals surface area contributed by atoms with E-state index in [2.05, 4.69) is 4.72 Å². The van der Waals surface area contributed by atoms with E-state index in [1.807, 2.05) is 0 Å². The molecule has 0 aliphatic carbocycles. The minimum absolute atomic E-state index is 0.0511. The average molecular weight is 331 g/mol. The first-order valence-corrected chi connectivity index (χ1v) is 7.61. The third kappa shape index (κ3) is 3.37. The first-order valence-electron chi connectivity index (χ1n) is 5.75. The molecule has 0 bridgehead atoms. The lowest BCUT2D eigenvalue weighted by Crippen LogP contribution is -2.15. The van der Waals surface area contributed by atoms with Gasteiger partial charge in [-0.15, -0.1) is 0 Å². The Morgan fingerprint density at radius 2 is 1.95 bits per heavy atom. The van der Waals surface area contributed by atoms with Crippen molar-refractivity contribution in [2.45, 2.75) is 4.90 Å². The lowest BCUT2D eigenvalue weighted by molar-refractivity contribution is 0.415. The summed E-state index contributed by atoms with van der Waals surface area (Å²) in [4.78, 5) is -0.337. The zero-order valence-corrected chi connectivity index (χ0v) is 12.5. The standard InChI is InChI=1S/C13H12ClFN2O3S/c1-20-12-7-9(3-4-10(12)14)17-21(18,19)13-6-8(15)2-5-11(13)16/h2-7,17H,16H2,1H3. The molecule has 0 amide bonds. The molecule has 0 atom stereocenters. The summed E-state index contributed by atoms with van der Waals surface area (Å²) in [5.41, 5.74) is 5.75. The molecule has 0 aromatic heterocycles. The molecule has 0 radical (unpaired) electrons. The lowest BCUT2D eigenvalue weighted by atomic mass is 10.3. The number of nitrogen functional groups attached to an aromatic ring is 1. The van der Waals surface area contributed by atoms with Gasteiger partial charge >= 0.3 is 0 Å². The Morgan fingerprint density at radius 3 is 2.62 bits per heavy atom. The van der Waals surface area contributed by atoms with Crippen LogP contribution in [-0.4, -0.2) is 15.5 Å². The summed E-state index contributed by atoms with van der Waals surface area (Å²) in [5.74, 6) is -0.387. The maximum atomic E-state index is 13.2. The smallest absolute Gasteiger partial charge is 0.264 e. The van der Waals surface area contributed by atoms with E-state index in [0.29, 0.717) is 10.8 Å². The number of halogens is 2. The number of nitrogens with two attached hydrogens (primary N) is 1. The molecule has 8 heteroatoms. The van der Waals surface area contributed by atoms with E-state index in [0.717, 1.165) is 12.1 Å². The molecule has 2 rings (SSSR count). The molecular formula is C13H12ClFN2O3S. The maximum absolute atomic E-state index is 13.2. The van der Waals surface area contributed by atoms with Gasteiger partial charge in [-0.2, -0.15) is 0 Å². The van der Waals surface area contributed by atoms with Crippen LogP contribution in [0.4, 0.5) is 15.8 Å². The van der Waals surface area contributed by atoms with E-state index in [4.69, 9.17) is 22.1 Å². The molecule has 0 saturated heterocycles. The highest BCUT2D eigenvalue weighted by Gasteiger charge is 2.19. The molecule has 112 valence electrons. The molecule has 0 aliphatic heterocycles. The van der Waals surface area contributed by atoms with Gasteiger partial charge in [0, 0.05) is 6.07 Å². The fourth-order valence-electron chi connectivity index (χ4n) is 1.67. The van der Waals surface area contributed by atoms with E-state index in [9.17, 15) is 12.8 Å². The van der Waals surface area contributed by atoms with Gasteiger partial charge in [-0.05, 0) is 30.3 Å². The number of methoxy groups -OCH3 is 1. The van der Waals surface area contributed by atoms with Crippen LogP contribution in [0.2, 0.25) is 5.02 Å². The van der Waals surface area contributed by atoms with Gasteiger partial charge in [-0.1, -0.05) is 11.6 Å². The number of rotatable bonds is 4. The van der Waals surface area contributed by atoms with Crippen molar-refractivity contribution in [1.29, 1.82) is 0 Å². The quantitative estimate of drug-likeness (QED) is 0.845. The van der Waals surface area contributed by atoms with Crippen LogP contribution in [0.5, 0.6) is 5.75 Å². The first kappa shape index (κ1) is 15.4. The molecule has 3 N–H and O–H groups in total. The van der Waals surface area contributed by atoms with Crippen LogP contribution >= 0.6 is 11.6 Å². The minimum atomic E-state index is -4.02. The summed E-state index contributed by atoms with van der Waals surface area (Å²) in [6, 6.07) is 7.47. The molecular weight excluding hydrogens is 319 g/mol. The van der Waals surface area contributed by atoms with Crippen molar-refractivity contribution in [3.05, 3.63) is 47.2 Å². The van der Waals surface area contributed by atoms with Crippen molar-refractivity contribution < 1.29 is 17.5 Å². The Bertz CT molecular complexity index is 781. The van der Waals surface area contributed by atoms with Crippen molar-refractivity contribution >= 4 is 33.0 Å². The predicted molar refractivity (Wildman–Crippen MR) is 79.6 cm³/mol. The van der Waals surface area contributed by atoms with Gasteiger partial charge in [0.05, 0.1) is 23.5 Å². The van der Waals surface area contributed by atoms with Gasteiger partial charge in [0.1, 0.15) is 16.5 Å². The van der Waals surface area contributed by atoms with Crippen LogP contribution in [0, 0.1) is 5.82 Å². The fourth-order valence-corrected chi connectivity index (χ4v) is 3.06. The third-order valence-electron chi connectivity index (χ3n) is 2.67. The number of benzene rings is 2. The van der Waals surface area contributed by atoms with Crippen LogP contribution in [0.1, 0.15) is 0 Å². The Kier molecular flexibility index (Phi) is 4.24. The number of hydrogen-bond acceptors (Lipinski definition) is 4. The van der Waals surface area contributed by atoms with Gasteiger partial charge in [0.25, 0.3) is 10.0 Å². The summed E-state index contributed by atoms with van der Waals surface area (Å²) in [7, 11) is -2.61. The second kappa shape index (κ2) is 5.79. The minimum Gasteiger partial charge on any atom is -0.495 e. The third-order valence-corrected chi connectivity index (χ3v) is 4.42. The van der Waals surface area contributed by atoms with Crippen molar-refractivity contribution in [1.82, 2.24) is 0 Å². The zero-order valence-electron chi connectivity index (χ0n) is 10.9. The van der Waals surface area contributed by atoms with E-state index < -0.39 is 15.8 Å². The Morgan fingerprint density at radius 1 is 1.24 bits per heavy atom. The number of hydrogen-bond donors (Lipinski definition) is 2. The summed E-state index contributed by atoms with van der Waals surface area (Å²) < 4.78 is 44.9. The highest BCUT2D eigenvalue weighted by atomic mass is 35.5. The fraction of sp³-hybridized carbons (Fsp3) is 0.0769. The average Bonchev–Trinajstić information content (AvgIpc) is 2.43. The van der Waals surface area contributed by atoms with Gasteiger partial charge < -0.3 is 10.5 Å². The van der Waals surface area contributed by atoms with Gasteiger partial charge in [0.2, 0.25) is 0 Å². The summed E-state index contributed by atoms with van der Waals surface area (Å²) >= 11 is 5.86. The maximum Gasteiger partial charge on any atom is 0.264 e. The normalized spacial score (nSPS) is 11.2. The lowest BCUT2D eigenvalue weighted by Gasteiger charge is -2.11. The van der Waals surface area contributed by atoms with Gasteiger partial charge in [-0.3, -0.25) is 4.72 Å². The highest BCUT2D eigenvalue weighted by Crippen LogP contribution is 2.29. The monoisotopic (exact) mass is 330 g/mol. The van der Waals surface area contributed by atoms with Crippen molar-refractivity contribution in [2.75, 3.05) is 17.6 Å². The van der Waals surface area contributed by atoms with Gasteiger partial charge in [-0.25, -0.2) is 12.8 Å². The van der Waals surface area contributed by atoms with Crippen molar-refractivity contribution in [3.63, 3.8) is 0 Å². The predicted octanol–water partition coefficient (Wildman–Crippen LogP) is 2.87. The Hall–Kier alpha value is -1.99. The van der Waals surface area contributed by atoms with E-state index in [1.165, 1.54) is 31.4 Å². The van der Waals surface area contributed by atoms with Crippen LogP contribution in [0.3, 0.4) is 0 Å². The SMILES string of the molecule is COc1cc(NS(=O)(=O)c2cc(F)ccc2N)ccc1Cl. The molecule has 0 saturated carbocycles. The molecule has 0 unspecified atom stereocenters. The molecule has 0 aliphatic rings. The second-order valence-corrected chi connectivity index (χ2v) is 6.19. The molecule has 0 fully saturated rings. The first-order chi connectivity index (χ1) is 9.83. The molecule has 0 heterocycles. The molecule has 2 aromatic carbocycles. The highest BCUT2D eigenvalue weighted by molar-refractivity contribution is 7.92.